The highest BCUT2D eigenvalue weighted by atomic mass is 35.5. The fourth-order valence-corrected chi connectivity index (χ4v) is 5.03. The molecule has 0 aliphatic heterocycles. The van der Waals surface area contributed by atoms with Crippen molar-refractivity contribution in [3.8, 4) is 17.2 Å². The van der Waals surface area contributed by atoms with E-state index in [1.807, 2.05) is 36.4 Å². The Morgan fingerprint density at radius 2 is 1.74 bits per heavy atom. The van der Waals surface area contributed by atoms with E-state index in [9.17, 15) is 4.79 Å². The second-order valence-electron chi connectivity index (χ2n) is 7.30. The molecule has 6 nitrogen and oxygen atoms in total. The van der Waals surface area contributed by atoms with Gasteiger partial charge in [0.1, 0.15) is 19.0 Å². The Balaban J connectivity index is 1.39. The second kappa shape index (κ2) is 9.54. The number of benzene rings is 3. The summed E-state index contributed by atoms with van der Waals surface area (Å²) in [6, 6.07) is 18.3. The molecule has 0 radical (unpaired) electrons. The van der Waals surface area contributed by atoms with Gasteiger partial charge in [0.05, 0.1) is 32.7 Å². The standard InChI is InChI=1S/C25H18Cl2N2O4S/c1-31-21-13-15(12-17(27)23(21)33-11-10-32-20-9-5-2-6-16(20)26)14-22-24(30)29-19-8-4-3-7-18(19)28-25(29)34-22/h2-9,12-14H,10-11H2,1H3/b22-14-. The summed E-state index contributed by atoms with van der Waals surface area (Å²) in [5.74, 6) is 1.44. The second-order valence-corrected chi connectivity index (χ2v) is 9.12. The summed E-state index contributed by atoms with van der Waals surface area (Å²) in [6.45, 7) is 0.518. The van der Waals surface area contributed by atoms with Crippen molar-refractivity contribution in [1.29, 1.82) is 0 Å². The molecule has 0 aliphatic carbocycles. The number of hydrogen-bond donors (Lipinski definition) is 0. The summed E-state index contributed by atoms with van der Waals surface area (Å²) < 4.78 is 19.1. The van der Waals surface area contributed by atoms with Crippen molar-refractivity contribution in [1.82, 2.24) is 9.38 Å². The smallest absolute Gasteiger partial charge is 0.274 e. The Morgan fingerprint density at radius 3 is 2.56 bits per heavy atom. The minimum Gasteiger partial charge on any atom is -0.493 e. The van der Waals surface area contributed by atoms with E-state index in [-0.39, 0.29) is 18.8 Å². The van der Waals surface area contributed by atoms with Gasteiger partial charge < -0.3 is 14.2 Å². The summed E-state index contributed by atoms with van der Waals surface area (Å²) >= 11 is 13.9. The van der Waals surface area contributed by atoms with Crippen molar-refractivity contribution >= 4 is 56.6 Å². The molecule has 0 saturated carbocycles. The van der Waals surface area contributed by atoms with E-state index in [0.29, 0.717) is 42.4 Å². The van der Waals surface area contributed by atoms with Crippen LogP contribution in [-0.4, -0.2) is 29.7 Å². The average molecular weight is 513 g/mol. The first-order valence-corrected chi connectivity index (χ1v) is 11.9. The minimum atomic E-state index is -0.124. The molecule has 2 heterocycles. The number of aromatic nitrogens is 2. The third-order valence-electron chi connectivity index (χ3n) is 5.12. The normalized spacial score (nSPS) is 11.9. The molecule has 3 aromatic carbocycles. The molecule has 34 heavy (non-hydrogen) atoms. The molecule has 5 rings (SSSR count). The molecule has 0 fully saturated rings. The number of nitrogens with zero attached hydrogens (tertiary/aromatic N) is 2. The van der Waals surface area contributed by atoms with Crippen LogP contribution < -0.4 is 24.3 Å². The van der Waals surface area contributed by atoms with Crippen LogP contribution in [0.25, 0.3) is 22.1 Å². The Labute approximate surface area is 208 Å². The lowest BCUT2D eigenvalue weighted by Crippen LogP contribution is -2.22. The van der Waals surface area contributed by atoms with Crippen LogP contribution in [-0.2, 0) is 0 Å². The molecule has 0 atom stereocenters. The number of methoxy groups -OCH3 is 1. The van der Waals surface area contributed by atoms with E-state index >= 15 is 0 Å². The van der Waals surface area contributed by atoms with Gasteiger partial charge in [-0.1, -0.05) is 58.8 Å². The van der Waals surface area contributed by atoms with E-state index in [1.54, 1.807) is 34.7 Å². The van der Waals surface area contributed by atoms with Crippen molar-refractivity contribution in [3.05, 3.63) is 91.2 Å². The molecule has 0 N–H and O–H groups in total. The predicted octanol–water partition coefficient (Wildman–Crippen LogP) is 5.23. The summed E-state index contributed by atoms with van der Waals surface area (Å²) in [7, 11) is 1.53. The molecule has 5 aromatic rings. The van der Waals surface area contributed by atoms with Gasteiger partial charge in [0.15, 0.2) is 16.5 Å². The number of halogens is 2. The maximum Gasteiger partial charge on any atom is 0.274 e. The molecular formula is C25H18Cl2N2O4S. The zero-order valence-electron chi connectivity index (χ0n) is 18.0. The van der Waals surface area contributed by atoms with E-state index in [0.717, 1.165) is 11.0 Å². The number of ether oxygens (including phenoxy) is 3. The lowest BCUT2D eigenvalue weighted by Gasteiger charge is -2.14. The minimum absolute atomic E-state index is 0.124. The van der Waals surface area contributed by atoms with Crippen LogP contribution >= 0.6 is 34.5 Å². The molecule has 0 unspecified atom stereocenters. The highest BCUT2D eigenvalue weighted by molar-refractivity contribution is 7.15. The molecule has 2 aromatic heterocycles. The fraction of sp³-hybridized carbons (Fsp3) is 0.120. The highest BCUT2D eigenvalue weighted by Gasteiger charge is 2.14. The highest BCUT2D eigenvalue weighted by Crippen LogP contribution is 2.36. The van der Waals surface area contributed by atoms with E-state index in [4.69, 9.17) is 37.4 Å². The lowest BCUT2D eigenvalue weighted by atomic mass is 10.2. The lowest BCUT2D eigenvalue weighted by molar-refractivity contribution is 0.211. The van der Waals surface area contributed by atoms with Gasteiger partial charge in [0.2, 0.25) is 0 Å². The van der Waals surface area contributed by atoms with Crippen molar-refractivity contribution < 1.29 is 14.2 Å². The zero-order chi connectivity index (χ0) is 23.7. The average Bonchev–Trinajstić information content (AvgIpc) is 3.34. The monoisotopic (exact) mass is 512 g/mol. The van der Waals surface area contributed by atoms with Gasteiger partial charge in [-0.2, -0.15) is 0 Å². The number of thiazole rings is 1. The summed E-state index contributed by atoms with van der Waals surface area (Å²) in [5.41, 5.74) is 2.17. The first-order valence-electron chi connectivity index (χ1n) is 10.3. The van der Waals surface area contributed by atoms with Gasteiger partial charge in [0.25, 0.3) is 5.56 Å². The van der Waals surface area contributed by atoms with Crippen LogP contribution in [0.4, 0.5) is 0 Å². The summed E-state index contributed by atoms with van der Waals surface area (Å²) in [5, 5.41) is 0.896. The van der Waals surface area contributed by atoms with Crippen LogP contribution in [0.2, 0.25) is 10.0 Å². The van der Waals surface area contributed by atoms with Gasteiger partial charge in [-0.3, -0.25) is 4.79 Å². The molecule has 0 bridgehead atoms. The van der Waals surface area contributed by atoms with E-state index < -0.39 is 0 Å². The van der Waals surface area contributed by atoms with Crippen molar-refractivity contribution in [2.45, 2.75) is 0 Å². The first-order chi connectivity index (χ1) is 16.5. The van der Waals surface area contributed by atoms with Crippen molar-refractivity contribution in [3.63, 3.8) is 0 Å². The SMILES string of the molecule is COc1cc(/C=c2\sc3nc4ccccc4n3c2=O)cc(Cl)c1OCCOc1ccccc1Cl. The van der Waals surface area contributed by atoms with E-state index in [1.165, 1.54) is 18.4 Å². The first kappa shape index (κ1) is 22.5. The molecule has 0 spiro atoms. The number of para-hydroxylation sites is 3. The molecule has 0 aliphatic rings. The van der Waals surface area contributed by atoms with Gasteiger partial charge in [-0.15, -0.1) is 0 Å². The molecule has 0 saturated heterocycles. The van der Waals surface area contributed by atoms with Crippen LogP contribution in [0.1, 0.15) is 5.56 Å². The number of fused-ring (bicyclic) bond motifs is 3. The maximum atomic E-state index is 13.0. The Morgan fingerprint density at radius 1 is 0.971 bits per heavy atom. The molecule has 0 amide bonds. The van der Waals surface area contributed by atoms with Gasteiger partial charge in [-0.25, -0.2) is 9.38 Å². The van der Waals surface area contributed by atoms with Crippen LogP contribution in [0, 0.1) is 0 Å². The van der Waals surface area contributed by atoms with Crippen LogP contribution in [0.15, 0.2) is 65.5 Å². The summed E-state index contributed by atoms with van der Waals surface area (Å²) in [6.07, 6.45) is 1.77. The predicted molar refractivity (Wildman–Crippen MR) is 136 cm³/mol. The number of hydrogen-bond acceptors (Lipinski definition) is 6. The Hall–Kier alpha value is -3.26. The topological polar surface area (TPSA) is 62.1 Å². The Kier molecular flexibility index (Phi) is 6.32. The molecule has 9 heteroatoms. The Bertz CT molecular complexity index is 1610. The zero-order valence-corrected chi connectivity index (χ0v) is 20.3. The third-order valence-corrected chi connectivity index (χ3v) is 6.68. The van der Waals surface area contributed by atoms with Gasteiger partial charge in [-0.05, 0) is 48.0 Å². The van der Waals surface area contributed by atoms with Gasteiger partial charge in [0, 0.05) is 0 Å². The van der Waals surface area contributed by atoms with Crippen molar-refractivity contribution in [2.24, 2.45) is 0 Å². The summed E-state index contributed by atoms with van der Waals surface area (Å²) in [4.78, 5) is 18.2. The number of rotatable bonds is 7. The fourth-order valence-electron chi connectivity index (χ4n) is 3.58. The number of imidazole rings is 1. The van der Waals surface area contributed by atoms with Gasteiger partial charge >= 0.3 is 0 Å². The van der Waals surface area contributed by atoms with Crippen LogP contribution in [0.3, 0.4) is 0 Å². The molecule has 172 valence electrons. The largest absolute Gasteiger partial charge is 0.493 e. The quantitative estimate of drug-likeness (QED) is 0.279. The third kappa shape index (κ3) is 4.30. The van der Waals surface area contributed by atoms with Crippen molar-refractivity contribution in [2.75, 3.05) is 20.3 Å². The molecular weight excluding hydrogens is 495 g/mol. The van der Waals surface area contributed by atoms with E-state index in [2.05, 4.69) is 4.98 Å². The van der Waals surface area contributed by atoms with Crippen LogP contribution in [0.5, 0.6) is 17.2 Å². The maximum absolute atomic E-state index is 13.0.